The summed E-state index contributed by atoms with van der Waals surface area (Å²) in [5, 5.41) is 4.44. The second-order valence-electron chi connectivity index (χ2n) is 17.9. The fourth-order valence-electron chi connectivity index (χ4n) is 11.3. The van der Waals surface area contributed by atoms with Gasteiger partial charge in [0.15, 0.2) is 17.5 Å². The first-order valence-corrected chi connectivity index (χ1v) is 21.2. The van der Waals surface area contributed by atoms with E-state index in [2.05, 4.69) is 163 Å². The molecule has 3 aromatic heterocycles. The van der Waals surface area contributed by atoms with Crippen LogP contribution in [0.3, 0.4) is 0 Å². The summed E-state index contributed by atoms with van der Waals surface area (Å²) in [6.45, 7) is 14.1. The molecule has 3 heterocycles. The molecule has 0 saturated carbocycles. The molecule has 290 valence electrons. The second-order valence-corrected chi connectivity index (χ2v) is 17.9. The molecule has 2 aliphatic rings. The van der Waals surface area contributed by atoms with Crippen molar-refractivity contribution in [1.29, 1.82) is 0 Å². The maximum Gasteiger partial charge on any atom is 0.167 e. The van der Waals surface area contributed by atoms with Crippen LogP contribution in [-0.4, -0.2) is 15.0 Å². The van der Waals surface area contributed by atoms with Gasteiger partial charge in [-0.2, -0.15) is 0 Å². The highest BCUT2D eigenvalue weighted by Crippen LogP contribution is 2.59. The Morgan fingerprint density at radius 2 is 1.02 bits per heavy atom. The van der Waals surface area contributed by atoms with Crippen LogP contribution in [0.25, 0.3) is 100 Å². The smallest absolute Gasteiger partial charge is 0.167 e. The second kappa shape index (κ2) is 12.3. The van der Waals surface area contributed by atoms with Crippen LogP contribution >= 0.6 is 0 Å². The van der Waals surface area contributed by atoms with Gasteiger partial charge in [-0.25, -0.2) is 15.0 Å². The predicted octanol–water partition coefficient (Wildman–Crippen LogP) is 14.6. The van der Waals surface area contributed by atoms with Crippen molar-refractivity contribution < 1.29 is 8.83 Å². The molecule has 0 atom stereocenters. The molecule has 0 spiro atoms. The Hall–Kier alpha value is -6.85. The van der Waals surface area contributed by atoms with Crippen LogP contribution in [-0.2, 0) is 10.8 Å². The molecule has 0 aliphatic heterocycles. The van der Waals surface area contributed by atoms with Gasteiger partial charge in [-0.3, -0.25) is 0 Å². The van der Waals surface area contributed by atoms with Gasteiger partial charge in [0.05, 0.1) is 5.56 Å². The van der Waals surface area contributed by atoms with Gasteiger partial charge in [-0.15, -0.1) is 0 Å². The number of fused-ring (bicyclic) bond motifs is 13. The summed E-state index contributed by atoms with van der Waals surface area (Å²) in [7, 11) is 0. The van der Waals surface area contributed by atoms with Gasteiger partial charge in [0.1, 0.15) is 22.3 Å². The third-order valence-electron chi connectivity index (χ3n) is 13.9. The van der Waals surface area contributed by atoms with Gasteiger partial charge < -0.3 is 8.83 Å². The van der Waals surface area contributed by atoms with Crippen LogP contribution in [0.15, 0.2) is 148 Å². The van der Waals surface area contributed by atoms with E-state index in [1.165, 1.54) is 49.9 Å². The molecule has 5 nitrogen and oxygen atoms in total. The molecule has 10 aromatic rings. The minimum absolute atomic E-state index is 0.168. The van der Waals surface area contributed by atoms with Gasteiger partial charge in [0.2, 0.25) is 0 Å². The van der Waals surface area contributed by atoms with Crippen LogP contribution in [0.1, 0.15) is 63.8 Å². The first-order valence-electron chi connectivity index (χ1n) is 21.2. The summed E-state index contributed by atoms with van der Waals surface area (Å²) in [6.07, 6.45) is 0. The molecule has 5 heteroatoms. The lowest BCUT2D eigenvalue weighted by atomic mass is 9.63. The molecule has 0 unspecified atom stereocenters. The topological polar surface area (TPSA) is 65.0 Å². The molecule has 0 fully saturated rings. The zero-order chi connectivity index (χ0) is 40.7. The number of benzene rings is 7. The molecule has 0 saturated heterocycles. The lowest BCUT2D eigenvalue weighted by Gasteiger charge is -2.40. The molecule has 0 radical (unpaired) electrons. The summed E-state index contributed by atoms with van der Waals surface area (Å²) in [5.41, 5.74) is 16.1. The lowest BCUT2D eigenvalue weighted by molar-refractivity contribution is 0.280. The van der Waals surface area contributed by atoms with Crippen LogP contribution in [0.2, 0.25) is 0 Å². The van der Waals surface area contributed by atoms with Crippen molar-refractivity contribution in [2.75, 3.05) is 0 Å². The Labute approximate surface area is 348 Å². The van der Waals surface area contributed by atoms with E-state index in [1.807, 2.05) is 18.2 Å². The van der Waals surface area contributed by atoms with Crippen molar-refractivity contribution in [1.82, 2.24) is 15.0 Å². The number of furan rings is 2. The van der Waals surface area contributed by atoms with E-state index in [-0.39, 0.29) is 10.8 Å². The van der Waals surface area contributed by atoms with Crippen molar-refractivity contribution in [3.63, 3.8) is 0 Å². The van der Waals surface area contributed by atoms with E-state index >= 15 is 0 Å². The zero-order valence-electron chi connectivity index (χ0n) is 34.6. The summed E-state index contributed by atoms with van der Waals surface area (Å²) in [6, 6.07) is 49.7. The first-order chi connectivity index (χ1) is 29.1. The van der Waals surface area contributed by atoms with Crippen LogP contribution in [0.4, 0.5) is 0 Å². The number of rotatable bonds is 5. The Bertz CT molecular complexity index is 3430. The molecule has 0 bridgehead atoms. The van der Waals surface area contributed by atoms with E-state index in [0.29, 0.717) is 29.3 Å². The minimum Gasteiger partial charge on any atom is -0.456 e. The summed E-state index contributed by atoms with van der Waals surface area (Å²) in [5.74, 6) is 2.45. The quantitative estimate of drug-likeness (QED) is 0.174. The van der Waals surface area contributed by atoms with E-state index in [4.69, 9.17) is 23.8 Å². The van der Waals surface area contributed by atoms with Crippen molar-refractivity contribution in [2.45, 2.75) is 52.4 Å². The van der Waals surface area contributed by atoms with Crippen LogP contribution in [0, 0.1) is 11.8 Å². The Balaban J connectivity index is 1.11. The number of aromatic nitrogens is 3. The Morgan fingerprint density at radius 1 is 0.433 bits per heavy atom. The maximum absolute atomic E-state index is 6.58. The van der Waals surface area contributed by atoms with Gasteiger partial charge in [-0.1, -0.05) is 145 Å². The van der Waals surface area contributed by atoms with Crippen LogP contribution in [0.5, 0.6) is 0 Å². The molecule has 7 aromatic carbocycles. The van der Waals surface area contributed by atoms with Gasteiger partial charge in [-0.05, 0) is 92.7 Å². The SMILES string of the molecule is CC(C)C1(C(C)C)c2cc(-c3nc(-c4ccc5c(c4)C(C)(C)c4ccccc4-5)nc(-c4cccc5c4oc4ccccc45)n3)ccc2-c2c1ccc1oc3ccccc3c21. The van der Waals surface area contributed by atoms with Gasteiger partial charge in [0, 0.05) is 43.5 Å². The van der Waals surface area contributed by atoms with E-state index in [9.17, 15) is 0 Å². The van der Waals surface area contributed by atoms with Crippen molar-refractivity contribution in [3.8, 4) is 56.4 Å². The van der Waals surface area contributed by atoms with E-state index < -0.39 is 0 Å². The highest BCUT2D eigenvalue weighted by molar-refractivity contribution is 6.15. The number of hydrogen-bond acceptors (Lipinski definition) is 5. The molecule has 0 N–H and O–H groups in total. The number of nitrogens with zero attached hydrogens (tertiary/aromatic N) is 3. The molecule has 0 amide bonds. The van der Waals surface area contributed by atoms with Gasteiger partial charge >= 0.3 is 0 Å². The van der Waals surface area contributed by atoms with E-state index in [0.717, 1.165) is 55.2 Å². The first kappa shape index (κ1) is 35.1. The van der Waals surface area contributed by atoms with Crippen molar-refractivity contribution >= 4 is 43.9 Å². The Kier molecular flexibility index (Phi) is 7.22. The normalized spacial score (nSPS) is 14.7. The monoisotopic (exact) mass is 777 g/mol. The molecular formula is C55H43N3O2. The average molecular weight is 778 g/mol. The Morgan fingerprint density at radius 3 is 1.77 bits per heavy atom. The zero-order valence-corrected chi connectivity index (χ0v) is 34.6. The van der Waals surface area contributed by atoms with Gasteiger partial charge in [0.25, 0.3) is 0 Å². The maximum atomic E-state index is 6.58. The standard InChI is InChI=1S/C55H43N3O2/c1-30(2)55(31(3)4)42-26-27-47-49(39-16-9-12-21-46(39)59-47)48(42)38-25-23-33(29-44(38)55)52-56-51(32-22-24-35-34-14-7-10-19-41(34)54(5,6)43(35)28-32)57-53(58-52)40-18-13-17-37-36-15-8-11-20-45(36)60-50(37)40/h7-31H,1-6H3. The lowest BCUT2D eigenvalue weighted by Crippen LogP contribution is -2.37. The summed E-state index contributed by atoms with van der Waals surface area (Å²) in [4.78, 5) is 16.0. The molecular weight excluding hydrogens is 735 g/mol. The largest absolute Gasteiger partial charge is 0.456 e. The third-order valence-corrected chi connectivity index (χ3v) is 13.9. The van der Waals surface area contributed by atoms with Crippen molar-refractivity contribution in [2.24, 2.45) is 11.8 Å². The number of hydrogen-bond donors (Lipinski definition) is 0. The van der Waals surface area contributed by atoms with E-state index in [1.54, 1.807) is 0 Å². The van der Waals surface area contributed by atoms with Crippen molar-refractivity contribution in [3.05, 3.63) is 162 Å². The highest BCUT2D eigenvalue weighted by atomic mass is 16.3. The fourth-order valence-corrected chi connectivity index (χ4v) is 11.3. The highest BCUT2D eigenvalue weighted by Gasteiger charge is 2.49. The minimum atomic E-state index is -0.258. The van der Waals surface area contributed by atoms with Crippen LogP contribution < -0.4 is 0 Å². The predicted molar refractivity (Wildman–Crippen MR) is 244 cm³/mol. The average Bonchev–Trinajstić information content (AvgIpc) is 3.99. The molecule has 12 rings (SSSR count). The summed E-state index contributed by atoms with van der Waals surface area (Å²) < 4.78 is 13.0. The fraction of sp³-hybridized carbons (Fsp3) is 0.182. The molecule has 60 heavy (non-hydrogen) atoms. The molecule has 2 aliphatic carbocycles. The number of para-hydroxylation sites is 3. The summed E-state index contributed by atoms with van der Waals surface area (Å²) >= 11 is 0. The third kappa shape index (κ3) is 4.60.